The van der Waals surface area contributed by atoms with Crippen molar-refractivity contribution < 1.29 is 14.7 Å². The normalized spacial score (nSPS) is 17.3. The molecule has 10 heteroatoms. The number of carboxylic acid groups (broad SMARTS) is 1. The number of nitrogens with zero attached hydrogens (tertiary/aromatic N) is 4. The number of hydrogen-bond donors (Lipinski definition) is 3. The zero-order chi connectivity index (χ0) is 21.8. The molecule has 0 radical (unpaired) electrons. The number of carboxylic acids is 1. The smallest absolute Gasteiger partial charge is 0.326 e. The molecule has 0 bridgehead atoms. The number of hydrogen-bond acceptors (Lipinski definition) is 7. The Morgan fingerprint density at radius 1 is 1.16 bits per heavy atom. The zero-order valence-corrected chi connectivity index (χ0v) is 17.7. The number of carbonyl (C=O) groups excluding carboxylic acids is 1. The molecule has 0 spiro atoms. The van der Waals surface area contributed by atoms with Crippen molar-refractivity contribution in [3.63, 3.8) is 0 Å². The monoisotopic (exact) mass is 438 g/mol. The molecule has 1 fully saturated rings. The molecule has 2 amide bonds. The maximum Gasteiger partial charge on any atom is 0.326 e. The molecular weight excluding hydrogens is 416 g/mol. The SMILES string of the molecule is CC(c1cccc(NC(=O)Nc2csc(-c3ccncc3)n2)n1)N1CCCC1C(=O)O. The van der Waals surface area contributed by atoms with Gasteiger partial charge in [-0.1, -0.05) is 6.07 Å². The predicted molar refractivity (Wildman–Crippen MR) is 118 cm³/mol. The minimum atomic E-state index is -0.813. The summed E-state index contributed by atoms with van der Waals surface area (Å²) in [4.78, 5) is 38.8. The number of amides is 2. The number of anilines is 2. The molecule has 0 saturated carbocycles. The van der Waals surface area contributed by atoms with Crippen LogP contribution in [0.3, 0.4) is 0 Å². The van der Waals surface area contributed by atoms with Gasteiger partial charge >= 0.3 is 12.0 Å². The first-order valence-electron chi connectivity index (χ1n) is 9.90. The number of rotatable bonds is 6. The van der Waals surface area contributed by atoms with Gasteiger partial charge in [-0.25, -0.2) is 14.8 Å². The summed E-state index contributed by atoms with van der Waals surface area (Å²) < 4.78 is 0. The first-order valence-corrected chi connectivity index (χ1v) is 10.8. The maximum atomic E-state index is 12.4. The molecule has 31 heavy (non-hydrogen) atoms. The summed E-state index contributed by atoms with van der Waals surface area (Å²) in [5, 5.41) is 17.4. The lowest BCUT2D eigenvalue weighted by molar-refractivity contribution is -0.142. The van der Waals surface area contributed by atoms with Crippen LogP contribution in [0.4, 0.5) is 16.4 Å². The number of aliphatic carboxylic acids is 1. The van der Waals surface area contributed by atoms with E-state index in [0.717, 1.165) is 17.0 Å². The first-order chi connectivity index (χ1) is 15.0. The van der Waals surface area contributed by atoms with Gasteiger partial charge in [-0.15, -0.1) is 11.3 Å². The Balaban J connectivity index is 1.40. The number of pyridine rings is 2. The van der Waals surface area contributed by atoms with Crippen molar-refractivity contribution >= 4 is 35.0 Å². The van der Waals surface area contributed by atoms with Gasteiger partial charge in [0.25, 0.3) is 0 Å². The van der Waals surface area contributed by atoms with E-state index >= 15 is 0 Å². The second-order valence-corrected chi connectivity index (χ2v) is 8.07. The van der Waals surface area contributed by atoms with Crippen molar-refractivity contribution in [2.75, 3.05) is 17.2 Å². The van der Waals surface area contributed by atoms with Crippen LogP contribution in [0.2, 0.25) is 0 Å². The van der Waals surface area contributed by atoms with E-state index in [0.29, 0.717) is 30.3 Å². The minimum absolute atomic E-state index is 0.171. The van der Waals surface area contributed by atoms with Crippen molar-refractivity contribution in [1.29, 1.82) is 0 Å². The summed E-state index contributed by atoms with van der Waals surface area (Å²) in [5.41, 5.74) is 1.64. The molecule has 0 aliphatic carbocycles. The average Bonchev–Trinajstić information content (AvgIpc) is 3.44. The molecule has 9 nitrogen and oxygen atoms in total. The standard InChI is InChI=1S/C21H22N6O3S/c1-13(27-11-3-5-16(27)20(28)29)15-4-2-6-17(23-15)25-21(30)26-18-12-31-19(24-18)14-7-9-22-10-8-14/h2,4,6-10,12-13,16H,3,5,11H2,1H3,(H,28,29)(H2,23,25,26,30). The highest BCUT2D eigenvalue weighted by atomic mass is 32.1. The molecule has 3 aromatic rings. The Hall–Kier alpha value is -3.37. The summed E-state index contributed by atoms with van der Waals surface area (Å²) in [6.07, 6.45) is 4.86. The van der Waals surface area contributed by atoms with Gasteiger partial charge in [0.1, 0.15) is 22.7 Å². The highest BCUT2D eigenvalue weighted by Crippen LogP contribution is 2.29. The van der Waals surface area contributed by atoms with Gasteiger partial charge in [-0.3, -0.25) is 25.3 Å². The lowest BCUT2D eigenvalue weighted by Crippen LogP contribution is -2.38. The highest BCUT2D eigenvalue weighted by molar-refractivity contribution is 7.13. The van der Waals surface area contributed by atoms with Gasteiger partial charge in [0.15, 0.2) is 0 Å². The van der Waals surface area contributed by atoms with Crippen LogP contribution in [0.15, 0.2) is 48.1 Å². The minimum Gasteiger partial charge on any atom is -0.480 e. The van der Waals surface area contributed by atoms with E-state index in [1.165, 1.54) is 11.3 Å². The molecule has 3 N–H and O–H groups in total. The second-order valence-electron chi connectivity index (χ2n) is 7.21. The zero-order valence-electron chi connectivity index (χ0n) is 16.9. The summed E-state index contributed by atoms with van der Waals surface area (Å²) in [6.45, 7) is 2.64. The number of thiazole rings is 1. The molecule has 3 aromatic heterocycles. The molecule has 2 atom stereocenters. The lowest BCUT2D eigenvalue weighted by Gasteiger charge is -2.28. The van der Waals surface area contributed by atoms with Crippen LogP contribution in [-0.2, 0) is 4.79 Å². The largest absolute Gasteiger partial charge is 0.480 e. The molecular formula is C21H22N6O3S. The number of likely N-dealkylation sites (tertiary alicyclic amines) is 1. The van der Waals surface area contributed by atoms with Gasteiger partial charge in [0.05, 0.1) is 11.7 Å². The molecule has 160 valence electrons. The van der Waals surface area contributed by atoms with Gasteiger partial charge in [0.2, 0.25) is 0 Å². The lowest BCUT2D eigenvalue weighted by atomic mass is 10.1. The van der Waals surface area contributed by atoms with Crippen LogP contribution < -0.4 is 10.6 Å². The van der Waals surface area contributed by atoms with Crippen LogP contribution in [0, 0.1) is 0 Å². The number of carbonyl (C=O) groups is 2. The Morgan fingerprint density at radius 2 is 1.94 bits per heavy atom. The Labute approximate surface area is 183 Å². The van der Waals surface area contributed by atoms with Crippen molar-refractivity contribution in [3.05, 3.63) is 53.8 Å². The average molecular weight is 439 g/mol. The third-order valence-electron chi connectivity index (χ3n) is 5.19. The van der Waals surface area contributed by atoms with Gasteiger partial charge in [-0.2, -0.15) is 0 Å². The second kappa shape index (κ2) is 9.19. The third-order valence-corrected chi connectivity index (χ3v) is 6.08. The van der Waals surface area contributed by atoms with E-state index in [-0.39, 0.29) is 6.04 Å². The van der Waals surface area contributed by atoms with E-state index in [1.807, 2.05) is 30.0 Å². The van der Waals surface area contributed by atoms with Crippen molar-refractivity contribution in [3.8, 4) is 10.6 Å². The Morgan fingerprint density at radius 3 is 2.71 bits per heavy atom. The fourth-order valence-corrected chi connectivity index (χ4v) is 4.42. The van der Waals surface area contributed by atoms with Crippen molar-refractivity contribution in [2.45, 2.75) is 31.8 Å². The molecule has 2 unspecified atom stereocenters. The fourth-order valence-electron chi connectivity index (χ4n) is 3.66. The van der Waals surface area contributed by atoms with Crippen molar-refractivity contribution in [2.24, 2.45) is 0 Å². The molecule has 1 aliphatic rings. The maximum absolute atomic E-state index is 12.4. The topological polar surface area (TPSA) is 120 Å². The molecule has 4 heterocycles. The summed E-state index contributed by atoms with van der Waals surface area (Å²) in [5.74, 6) is 0.0186. The Kier molecular flexibility index (Phi) is 6.19. The highest BCUT2D eigenvalue weighted by Gasteiger charge is 2.34. The van der Waals surface area contributed by atoms with Crippen LogP contribution in [-0.4, -0.2) is 49.5 Å². The fraction of sp³-hybridized carbons (Fsp3) is 0.286. The summed E-state index contributed by atoms with van der Waals surface area (Å²) in [6, 6.07) is 7.91. The first kappa shape index (κ1) is 20.9. The van der Waals surface area contributed by atoms with Crippen LogP contribution >= 0.6 is 11.3 Å². The van der Waals surface area contributed by atoms with Crippen LogP contribution in [0.25, 0.3) is 10.6 Å². The van der Waals surface area contributed by atoms with Crippen molar-refractivity contribution in [1.82, 2.24) is 19.9 Å². The number of urea groups is 1. The molecule has 1 aliphatic heterocycles. The van der Waals surface area contributed by atoms with Crippen LogP contribution in [0.5, 0.6) is 0 Å². The summed E-state index contributed by atoms with van der Waals surface area (Å²) in [7, 11) is 0. The third kappa shape index (κ3) is 4.86. The number of aromatic nitrogens is 3. The quantitative estimate of drug-likeness (QED) is 0.534. The van der Waals surface area contributed by atoms with E-state index < -0.39 is 18.0 Å². The molecule has 1 saturated heterocycles. The van der Waals surface area contributed by atoms with Gasteiger partial charge in [-0.05, 0) is 50.6 Å². The Bertz CT molecular complexity index is 1070. The molecule has 4 rings (SSSR count). The van der Waals surface area contributed by atoms with E-state index in [9.17, 15) is 14.7 Å². The summed E-state index contributed by atoms with van der Waals surface area (Å²) >= 11 is 1.42. The van der Waals surface area contributed by atoms with Gasteiger partial charge < -0.3 is 5.11 Å². The predicted octanol–water partition coefficient (Wildman–Crippen LogP) is 3.85. The molecule has 0 aromatic carbocycles. The number of nitrogens with one attached hydrogen (secondary N) is 2. The van der Waals surface area contributed by atoms with E-state index in [1.54, 1.807) is 29.9 Å². The van der Waals surface area contributed by atoms with E-state index in [2.05, 4.69) is 25.6 Å². The van der Waals surface area contributed by atoms with Crippen LogP contribution in [0.1, 0.15) is 31.5 Å². The van der Waals surface area contributed by atoms with E-state index in [4.69, 9.17) is 0 Å². The van der Waals surface area contributed by atoms with Gasteiger partial charge in [0, 0.05) is 23.3 Å².